The van der Waals surface area contributed by atoms with E-state index in [0.29, 0.717) is 6.42 Å². The van der Waals surface area contributed by atoms with Crippen LogP contribution in [0.15, 0.2) is 24.3 Å². The fourth-order valence-corrected chi connectivity index (χ4v) is 1.95. The maximum absolute atomic E-state index is 10.6. The summed E-state index contributed by atoms with van der Waals surface area (Å²) in [6.45, 7) is 1.90. The standard InChI is InChI=1S/C14H18N4O2/c1-10-13(8-9-14(19)20)15-16-18(10)12-6-4-11(5-7-12)17(2)3/h4-7H,8-9H2,1-3H3,(H,19,20). The highest BCUT2D eigenvalue weighted by atomic mass is 16.4. The zero-order chi connectivity index (χ0) is 14.7. The van der Waals surface area contributed by atoms with E-state index in [1.54, 1.807) is 4.68 Å². The van der Waals surface area contributed by atoms with E-state index in [1.165, 1.54) is 0 Å². The molecule has 6 nitrogen and oxygen atoms in total. The molecule has 0 spiro atoms. The lowest BCUT2D eigenvalue weighted by molar-refractivity contribution is -0.136. The van der Waals surface area contributed by atoms with E-state index in [2.05, 4.69) is 10.3 Å². The summed E-state index contributed by atoms with van der Waals surface area (Å²) in [7, 11) is 3.97. The van der Waals surface area contributed by atoms with Gasteiger partial charge in [0.25, 0.3) is 0 Å². The van der Waals surface area contributed by atoms with Crippen LogP contribution in [-0.2, 0) is 11.2 Å². The van der Waals surface area contributed by atoms with Crippen molar-refractivity contribution in [1.29, 1.82) is 0 Å². The van der Waals surface area contributed by atoms with E-state index < -0.39 is 5.97 Å². The summed E-state index contributed by atoms with van der Waals surface area (Å²) in [5.74, 6) is -0.825. The molecule has 0 aliphatic carbocycles. The maximum atomic E-state index is 10.6. The zero-order valence-corrected chi connectivity index (χ0v) is 11.9. The highest BCUT2D eigenvalue weighted by Crippen LogP contribution is 2.17. The summed E-state index contributed by atoms with van der Waals surface area (Å²) >= 11 is 0. The molecule has 0 unspecified atom stereocenters. The van der Waals surface area contributed by atoms with Gasteiger partial charge in [-0.25, -0.2) is 4.68 Å². The Bertz CT molecular complexity index is 602. The monoisotopic (exact) mass is 274 g/mol. The first-order valence-electron chi connectivity index (χ1n) is 6.40. The van der Waals surface area contributed by atoms with Crippen LogP contribution < -0.4 is 4.90 Å². The Hall–Kier alpha value is -2.37. The van der Waals surface area contributed by atoms with Crippen molar-refractivity contribution < 1.29 is 9.90 Å². The summed E-state index contributed by atoms with van der Waals surface area (Å²) in [4.78, 5) is 12.6. The lowest BCUT2D eigenvalue weighted by Crippen LogP contribution is -2.08. The number of aryl methyl sites for hydroxylation is 1. The van der Waals surface area contributed by atoms with Crippen molar-refractivity contribution in [2.75, 3.05) is 19.0 Å². The molecule has 1 aromatic heterocycles. The molecular formula is C14H18N4O2. The predicted molar refractivity (Wildman–Crippen MR) is 76.4 cm³/mol. The van der Waals surface area contributed by atoms with Gasteiger partial charge >= 0.3 is 5.97 Å². The molecule has 0 atom stereocenters. The first kappa shape index (κ1) is 14.0. The smallest absolute Gasteiger partial charge is 0.303 e. The van der Waals surface area contributed by atoms with E-state index in [4.69, 9.17) is 5.11 Å². The van der Waals surface area contributed by atoms with Gasteiger partial charge in [0, 0.05) is 26.2 Å². The summed E-state index contributed by atoms with van der Waals surface area (Å²) in [6, 6.07) is 7.96. The van der Waals surface area contributed by atoms with Gasteiger partial charge in [0.05, 0.1) is 23.5 Å². The number of aromatic nitrogens is 3. The number of nitrogens with zero attached hydrogens (tertiary/aromatic N) is 4. The van der Waals surface area contributed by atoms with Crippen LogP contribution in [-0.4, -0.2) is 40.2 Å². The second-order valence-corrected chi connectivity index (χ2v) is 4.84. The Balaban J connectivity index is 2.22. The minimum atomic E-state index is -0.825. The summed E-state index contributed by atoms with van der Waals surface area (Å²) in [5, 5.41) is 16.9. The molecule has 1 aromatic carbocycles. The van der Waals surface area contributed by atoms with Gasteiger partial charge in [-0.2, -0.15) is 0 Å². The topological polar surface area (TPSA) is 71.2 Å². The van der Waals surface area contributed by atoms with Gasteiger partial charge in [0.15, 0.2) is 0 Å². The Kier molecular flexibility index (Phi) is 4.02. The Morgan fingerprint density at radius 1 is 1.30 bits per heavy atom. The minimum Gasteiger partial charge on any atom is -0.481 e. The van der Waals surface area contributed by atoms with Crippen LogP contribution in [0.1, 0.15) is 17.8 Å². The van der Waals surface area contributed by atoms with Crippen LogP contribution in [0.25, 0.3) is 5.69 Å². The van der Waals surface area contributed by atoms with Crippen LogP contribution in [0.3, 0.4) is 0 Å². The zero-order valence-electron chi connectivity index (χ0n) is 11.9. The average molecular weight is 274 g/mol. The fourth-order valence-electron chi connectivity index (χ4n) is 1.95. The molecule has 0 bridgehead atoms. The number of rotatable bonds is 5. The number of aliphatic carboxylic acids is 1. The first-order chi connectivity index (χ1) is 9.49. The van der Waals surface area contributed by atoms with Gasteiger partial charge in [0.2, 0.25) is 0 Å². The Labute approximate surface area is 117 Å². The molecule has 20 heavy (non-hydrogen) atoms. The molecule has 0 amide bonds. The van der Waals surface area contributed by atoms with E-state index in [-0.39, 0.29) is 6.42 Å². The quantitative estimate of drug-likeness (QED) is 0.897. The van der Waals surface area contributed by atoms with Crippen molar-refractivity contribution in [2.45, 2.75) is 19.8 Å². The van der Waals surface area contributed by atoms with Gasteiger partial charge < -0.3 is 10.0 Å². The predicted octanol–water partition coefficient (Wildman–Crippen LogP) is 1.66. The molecular weight excluding hydrogens is 256 g/mol. The second-order valence-electron chi connectivity index (χ2n) is 4.84. The molecule has 0 saturated carbocycles. The fraction of sp³-hybridized carbons (Fsp3) is 0.357. The number of carboxylic acid groups (broad SMARTS) is 1. The number of carboxylic acids is 1. The largest absolute Gasteiger partial charge is 0.481 e. The van der Waals surface area contributed by atoms with Crippen molar-refractivity contribution in [1.82, 2.24) is 15.0 Å². The van der Waals surface area contributed by atoms with Gasteiger partial charge in [0.1, 0.15) is 0 Å². The molecule has 0 aliphatic heterocycles. The number of anilines is 1. The van der Waals surface area contributed by atoms with E-state index in [1.807, 2.05) is 50.2 Å². The van der Waals surface area contributed by atoms with Gasteiger partial charge in [-0.1, -0.05) is 5.21 Å². The Morgan fingerprint density at radius 2 is 1.95 bits per heavy atom. The van der Waals surface area contributed by atoms with Crippen LogP contribution in [0.2, 0.25) is 0 Å². The number of hydrogen-bond acceptors (Lipinski definition) is 4. The van der Waals surface area contributed by atoms with E-state index >= 15 is 0 Å². The molecule has 0 radical (unpaired) electrons. The van der Waals surface area contributed by atoms with Crippen molar-refractivity contribution in [3.63, 3.8) is 0 Å². The maximum Gasteiger partial charge on any atom is 0.303 e. The SMILES string of the molecule is Cc1c(CCC(=O)O)nnn1-c1ccc(N(C)C)cc1. The van der Waals surface area contributed by atoms with Gasteiger partial charge in [-0.15, -0.1) is 5.10 Å². The third-order valence-electron chi connectivity index (χ3n) is 3.18. The molecule has 0 fully saturated rings. The van der Waals surface area contributed by atoms with E-state index in [9.17, 15) is 4.79 Å². The summed E-state index contributed by atoms with van der Waals surface area (Å²) in [6.07, 6.45) is 0.468. The van der Waals surface area contributed by atoms with Crippen LogP contribution in [0, 0.1) is 6.92 Å². The van der Waals surface area contributed by atoms with Crippen LogP contribution >= 0.6 is 0 Å². The molecule has 2 aromatic rings. The lowest BCUT2D eigenvalue weighted by Gasteiger charge is -2.12. The molecule has 2 rings (SSSR count). The normalized spacial score (nSPS) is 10.6. The minimum absolute atomic E-state index is 0.0686. The van der Waals surface area contributed by atoms with Crippen molar-refractivity contribution in [2.24, 2.45) is 0 Å². The molecule has 0 saturated heterocycles. The summed E-state index contributed by atoms with van der Waals surface area (Å²) < 4.78 is 1.73. The second kappa shape index (κ2) is 5.73. The molecule has 1 N–H and O–H groups in total. The van der Waals surface area contributed by atoms with Gasteiger partial charge in [-0.05, 0) is 31.2 Å². The van der Waals surface area contributed by atoms with E-state index in [0.717, 1.165) is 22.8 Å². The Morgan fingerprint density at radius 3 is 2.50 bits per heavy atom. The van der Waals surface area contributed by atoms with Crippen molar-refractivity contribution in [3.8, 4) is 5.69 Å². The average Bonchev–Trinajstić information content (AvgIpc) is 2.78. The molecule has 0 aliphatic rings. The van der Waals surface area contributed by atoms with Gasteiger partial charge in [-0.3, -0.25) is 4.79 Å². The number of benzene rings is 1. The van der Waals surface area contributed by atoms with Crippen LogP contribution in [0.4, 0.5) is 5.69 Å². The highest BCUT2D eigenvalue weighted by Gasteiger charge is 2.11. The number of carbonyl (C=O) groups is 1. The third-order valence-corrected chi connectivity index (χ3v) is 3.18. The van der Waals surface area contributed by atoms with Crippen molar-refractivity contribution >= 4 is 11.7 Å². The van der Waals surface area contributed by atoms with Crippen molar-refractivity contribution in [3.05, 3.63) is 35.7 Å². The molecule has 6 heteroatoms. The third kappa shape index (κ3) is 2.96. The summed E-state index contributed by atoms with van der Waals surface area (Å²) in [5.41, 5.74) is 3.63. The number of hydrogen-bond donors (Lipinski definition) is 1. The highest BCUT2D eigenvalue weighted by molar-refractivity contribution is 5.67. The lowest BCUT2D eigenvalue weighted by atomic mass is 10.2. The molecule has 106 valence electrons. The molecule has 1 heterocycles. The van der Waals surface area contributed by atoms with Crippen LogP contribution in [0.5, 0.6) is 0 Å². The first-order valence-corrected chi connectivity index (χ1v) is 6.40.